The van der Waals surface area contributed by atoms with Gasteiger partial charge in [-0.05, 0) is 43.6 Å². The number of carbonyl (C=O) groups is 1. The van der Waals surface area contributed by atoms with E-state index in [0.29, 0.717) is 29.8 Å². The number of hydrogen-bond acceptors (Lipinski definition) is 3. The fraction of sp³-hybridized carbons (Fsp3) is 0.917. The Morgan fingerprint density at radius 3 is 3.00 bits per heavy atom. The van der Waals surface area contributed by atoms with Gasteiger partial charge in [0.1, 0.15) is 0 Å². The molecule has 0 bridgehead atoms. The summed E-state index contributed by atoms with van der Waals surface area (Å²) in [7, 11) is 0. The average molecular weight is 223 g/mol. The van der Waals surface area contributed by atoms with E-state index >= 15 is 0 Å². The van der Waals surface area contributed by atoms with Gasteiger partial charge in [-0.25, -0.2) is 0 Å². The van der Waals surface area contributed by atoms with Crippen LogP contribution in [0.1, 0.15) is 26.2 Å². The molecule has 1 amide bonds. The van der Waals surface area contributed by atoms with Crippen molar-refractivity contribution in [2.24, 2.45) is 23.5 Å². The highest BCUT2D eigenvalue weighted by Gasteiger charge is 2.50. The van der Waals surface area contributed by atoms with Gasteiger partial charge < -0.3 is 16.4 Å². The number of rotatable bonds is 0. The van der Waals surface area contributed by atoms with E-state index in [1.165, 1.54) is 0 Å². The molecule has 1 aliphatic carbocycles. The lowest BCUT2D eigenvalue weighted by atomic mass is 9.67. The highest BCUT2D eigenvalue weighted by Crippen LogP contribution is 2.41. The molecule has 1 saturated carbocycles. The van der Waals surface area contributed by atoms with Gasteiger partial charge in [0.2, 0.25) is 5.91 Å². The van der Waals surface area contributed by atoms with Gasteiger partial charge in [-0.3, -0.25) is 4.79 Å². The zero-order chi connectivity index (χ0) is 11.3. The fourth-order valence-corrected chi connectivity index (χ4v) is 3.97. The van der Waals surface area contributed by atoms with Crippen molar-refractivity contribution in [3.63, 3.8) is 0 Å². The molecular weight excluding hydrogens is 202 g/mol. The molecule has 3 rings (SSSR count). The second kappa shape index (κ2) is 3.70. The van der Waals surface area contributed by atoms with Crippen LogP contribution in [0.5, 0.6) is 0 Å². The highest BCUT2D eigenvalue weighted by atomic mass is 16.2. The first kappa shape index (κ1) is 10.5. The molecule has 4 nitrogen and oxygen atoms in total. The molecule has 2 heterocycles. The van der Waals surface area contributed by atoms with Gasteiger partial charge in [0.15, 0.2) is 0 Å². The van der Waals surface area contributed by atoms with Crippen LogP contribution < -0.4 is 16.4 Å². The van der Waals surface area contributed by atoms with Crippen molar-refractivity contribution in [3.8, 4) is 0 Å². The van der Waals surface area contributed by atoms with E-state index in [0.717, 1.165) is 25.8 Å². The normalized spacial score (nSPS) is 51.8. The lowest BCUT2D eigenvalue weighted by Gasteiger charge is -2.45. The Balaban J connectivity index is 1.86. The highest BCUT2D eigenvalue weighted by molar-refractivity contribution is 5.84. The Bertz CT molecular complexity index is 307. The predicted octanol–water partition coefficient (Wildman–Crippen LogP) is -0.164. The summed E-state index contributed by atoms with van der Waals surface area (Å²) in [5.41, 5.74) is 6.07. The number of fused-ring (bicyclic) bond motifs is 3. The summed E-state index contributed by atoms with van der Waals surface area (Å²) in [5.74, 6) is 1.92. The summed E-state index contributed by atoms with van der Waals surface area (Å²) in [4.78, 5) is 12.0. The molecule has 4 N–H and O–H groups in total. The van der Waals surface area contributed by atoms with Crippen LogP contribution in [0.15, 0.2) is 0 Å². The Morgan fingerprint density at radius 2 is 2.19 bits per heavy atom. The maximum Gasteiger partial charge on any atom is 0.237 e. The number of hydrogen-bond donors (Lipinski definition) is 3. The van der Waals surface area contributed by atoms with Gasteiger partial charge in [0, 0.05) is 12.1 Å². The molecule has 4 heteroatoms. The SMILES string of the molecule is CC1CNC2C(=O)NC3CCC(N)CC3C12. The van der Waals surface area contributed by atoms with Crippen molar-refractivity contribution >= 4 is 5.91 Å². The largest absolute Gasteiger partial charge is 0.352 e. The van der Waals surface area contributed by atoms with Crippen LogP contribution >= 0.6 is 0 Å². The summed E-state index contributed by atoms with van der Waals surface area (Å²) >= 11 is 0. The Labute approximate surface area is 96.3 Å². The van der Waals surface area contributed by atoms with Crippen molar-refractivity contribution in [3.05, 3.63) is 0 Å². The molecule has 90 valence electrons. The summed E-state index contributed by atoms with van der Waals surface area (Å²) in [6.45, 7) is 3.23. The average Bonchev–Trinajstić information content (AvgIpc) is 2.63. The Kier molecular flexibility index (Phi) is 2.44. The lowest BCUT2D eigenvalue weighted by molar-refractivity contribution is -0.129. The maximum absolute atomic E-state index is 12.0. The Hall–Kier alpha value is -0.610. The number of carbonyl (C=O) groups excluding carboxylic acids is 1. The van der Waals surface area contributed by atoms with E-state index < -0.39 is 0 Å². The standard InChI is InChI=1S/C12H21N3O/c1-6-5-14-11-10(6)8-4-7(13)2-3-9(8)15-12(11)16/h6-11,14H,2-5,13H2,1H3,(H,15,16). The third kappa shape index (κ3) is 1.47. The number of nitrogens with two attached hydrogens (primary N) is 1. The summed E-state index contributed by atoms with van der Waals surface area (Å²) in [5, 5.41) is 6.53. The van der Waals surface area contributed by atoms with Crippen LogP contribution in [0.2, 0.25) is 0 Å². The van der Waals surface area contributed by atoms with Crippen molar-refractivity contribution in [1.29, 1.82) is 0 Å². The molecule has 16 heavy (non-hydrogen) atoms. The molecule has 6 atom stereocenters. The number of nitrogens with one attached hydrogen (secondary N) is 2. The first-order valence-electron chi connectivity index (χ1n) is 6.46. The summed E-state index contributed by atoms with van der Waals surface area (Å²) in [6, 6.07) is 0.766. The Morgan fingerprint density at radius 1 is 1.38 bits per heavy atom. The van der Waals surface area contributed by atoms with Gasteiger partial charge in [0.25, 0.3) is 0 Å². The van der Waals surface area contributed by atoms with Gasteiger partial charge in [-0.15, -0.1) is 0 Å². The minimum Gasteiger partial charge on any atom is -0.352 e. The maximum atomic E-state index is 12.0. The molecule has 2 aliphatic heterocycles. The molecule has 0 spiro atoms. The van der Waals surface area contributed by atoms with Crippen LogP contribution in [-0.4, -0.2) is 30.6 Å². The smallest absolute Gasteiger partial charge is 0.237 e. The van der Waals surface area contributed by atoms with Crippen LogP contribution in [0.4, 0.5) is 0 Å². The molecular formula is C12H21N3O. The molecule has 3 fully saturated rings. The van der Waals surface area contributed by atoms with E-state index in [9.17, 15) is 4.79 Å². The predicted molar refractivity (Wildman–Crippen MR) is 61.7 cm³/mol. The van der Waals surface area contributed by atoms with E-state index in [1.54, 1.807) is 0 Å². The second-order valence-electron chi connectivity index (χ2n) is 5.79. The summed E-state index contributed by atoms with van der Waals surface area (Å²) < 4.78 is 0. The molecule has 0 aromatic heterocycles. The van der Waals surface area contributed by atoms with Crippen molar-refractivity contribution in [2.75, 3.05) is 6.54 Å². The summed E-state index contributed by atoms with van der Waals surface area (Å²) in [6.07, 6.45) is 3.20. The molecule has 6 unspecified atom stereocenters. The molecule has 0 aromatic rings. The monoisotopic (exact) mass is 223 g/mol. The van der Waals surface area contributed by atoms with E-state index in [2.05, 4.69) is 17.6 Å². The van der Waals surface area contributed by atoms with Crippen LogP contribution in [0.3, 0.4) is 0 Å². The van der Waals surface area contributed by atoms with E-state index in [-0.39, 0.29) is 11.9 Å². The topological polar surface area (TPSA) is 67.2 Å². The first-order chi connectivity index (χ1) is 7.66. The van der Waals surface area contributed by atoms with Crippen molar-refractivity contribution in [2.45, 2.75) is 44.3 Å². The lowest BCUT2D eigenvalue weighted by Crippen LogP contribution is -2.61. The van der Waals surface area contributed by atoms with Gasteiger partial charge >= 0.3 is 0 Å². The molecule has 2 saturated heterocycles. The minimum atomic E-state index is 0.0431. The first-order valence-corrected chi connectivity index (χ1v) is 6.46. The zero-order valence-electron chi connectivity index (χ0n) is 9.78. The number of piperidine rings is 1. The molecule has 0 radical (unpaired) electrons. The fourth-order valence-electron chi connectivity index (χ4n) is 3.97. The van der Waals surface area contributed by atoms with Crippen molar-refractivity contribution in [1.82, 2.24) is 10.6 Å². The van der Waals surface area contributed by atoms with Crippen molar-refractivity contribution < 1.29 is 4.79 Å². The van der Waals surface area contributed by atoms with E-state index in [1.807, 2.05) is 0 Å². The van der Waals surface area contributed by atoms with Gasteiger partial charge in [-0.1, -0.05) is 6.92 Å². The zero-order valence-corrected chi connectivity index (χ0v) is 9.78. The third-order valence-electron chi connectivity index (χ3n) is 4.75. The molecule has 3 aliphatic rings. The number of amides is 1. The van der Waals surface area contributed by atoms with Crippen LogP contribution in [-0.2, 0) is 4.79 Å². The van der Waals surface area contributed by atoms with E-state index in [4.69, 9.17) is 5.73 Å². The minimum absolute atomic E-state index is 0.0431. The third-order valence-corrected chi connectivity index (χ3v) is 4.75. The van der Waals surface area contributed by atoms with Crippen LogP contribution in [0.25, 0.3) is 0 Å². The quantitative estimate of drug-likeness (QED) is 0.534. The molecule has 0 aromatic carbocycles. The van der Waals surface area contributed by atoms with Gasteiger partial charge in [0.05, 0.1) is 6.04 Å². The van der Waals surface area contributed by atoms with Gasteiger partial charge in [-0.2, -0.15) is 0 Å². The second-order valence-corrected chi connectivity index (χ2v) is 5.79. The van der Waals surface area contributed by atoms with Crippen LogP contribution in [0, 0.1) is 17.8 Å².